The summed E-state index contributed by atoms with van der Waals surface area (Å²) in [5.41, 5.74) is 0.926. The first-order valence-corrected chi connectivity index (χ1v) is 4.39. The lowest BCUT2D eigenvalue weighted by atomic mass is 10.2. The van der Waals surface area contributed by atoms with Gasteiger partial charge in [-0.2, -0.15) is 5.26 Å². The summed E-state index contributed by atoms with van der Waals surface area (Å²) < 4.78 is 0. The molecule has 0 spiro atoms. The van der Waals surface area contributed by atoms with E-state index in [9.17, 15) is 0 Å². The molecule has 1 rings (SSSR count). The molecule has 3 N–H and O–H groups in total. The maximum absolute atomic E-state index is 8.74. The van der Waals surface area contributed by atoms with E-state index in [0.29, 0.717) is 0 Å². The van der Waals surface area contributed by atoms with Crippen LogP contribution in [0.2, 0.25) is 0 Å². The largest absolute Gasteiger partial charge is 0.631 e. The highest BCUT2D eigenvalue weighted by atomic mass is 16.5. The molecule has 0 aliphatic carbocycles. The Morgan fingerprint density at radius 3 is 1.93 bits per heavy atom. The molecular formula is C8H16BN3O3. The van der Waals surface area contributed by atoms with Crippen LogP contribution in [0.15, 0.2) is 11.9 Å². The van der Waals surface area contributed by atoms with Crippen molar-refractivity contribution in [3.8, 4) is 6.19 Å². The van der Waals surface area contributed by atoms with E-state index in [1.54, 1.807) is 4.90 Å². The molecule has 0 radical (unpaired) electrons. The molecule has 0 saturated heterocycles. The van der Waals surface area contributed by atoms with Gasteiger partial charge in [0.25, 0.3) is 0 Å². The Balaban J connectivity index is 0.000000423. The zero-order valence-electron chi connectivity index (χ0n) is 9.34. The molecule has 0 aromatic carbocycles. The molecule has 0 fully saturated rings. The lowest BCUT2D eigenvalue weighted by Gasteiger charge is -2.34. The third kappa shape index (κ3) is 3.44. The molecule has 0 atom stereocenters. The summed E-state index contributed by atoms with van der Waals surface area (Å²) in [5.74, 6) is 0. The first-order chi connectivity index (χ1) is 6.73. The Morgan fingerprint density at radius 2 is 1.80 bits per heavy atom. The maximum atomic E-state index is 8.74. The molecule has 1 aliphatic rings. The summed E-state index contributed by atoms with van der Waals surface area (Å²) in [4.78, 5) is 3.73. The second-order valence-corrected chi connectivity index (χ2v) is 3.64. The third-order valence-corrected chi connectivity index (χ3v) is 2.36. The Hall–Kier alpha value is -1.23. The van der Waals surface area contributed by atoms with Crippen LogP contribution < -0.4 is 0 Å². The van der Waals surface area contributed by atoms with E-state index in [1.165, 1.54) is 0 Å². The Morgan fingerprint density at radius 1 is 1.40 bits per heavy atom. The van der Waals surface area contributed by atoms with Crippen molar-refractivity contribution in [1.29, 1.82) is 5.26 Å². The van der Waals surface area contributed by atoms with E-state index in [2.05, 4.69) is 11.1 Å². The van der Waals surface area contributed by atoms with Crippen molar-refractivity contribution >= 4 is 7.32 Å². The Bertz CT molecular complexity index is 283. The highest BCUT2D eigenvalue weighted by molar-refractivity contribution is 6.30. The predicted octanol–water partition coefficient (Wildman–Crippen LogP) is -0.740. The number of nitrogens with zero attached hydrogens (tertiary/aromatic N) is 3. The van der Waals surface area contributed by atoms with Crippen molar-refractivity contribution in [2.75, 3.05) is 7.05 Å². The molecule has 6 nitrogen and oxygen atoms in total. The minimum Gasteiger partial charge on any atom is -0.402 e. The van der Waals surface area contributed by atoms with Crippen LogP contribution in [0.1, 0.15) is 20.8 Å². The van der Waals surface area contributed by atoms with E-state index < -0.39 is 7.32 Å². The highest BCUT2D eigenvalue weighted by Crippen LogP contribution is 2.28. The van der Waals surface area contributed by atoms with Crippen molar-refractivity contribution in [2.24, 2.45) is 0 Å². The summed E-state index contributed by atoms with van der Waals surface area (Å²) in [6, 6.07) is 0. The summed E-state index contributed by atoms with van der Waals surface area (Å²) >= 11 is 0. The van der Waals surface area contributed by atoms with Gasteiger partial charge in [0, 0.05) is 18.9 Å². The second kappa shape index (κ2) is 5.02. The average molecular weight is 213 g/mol. The van der Waals surface area contributed by atoms with E-state index in [4.69, 9.17) is 20.3 Å². The maximum Gasteiger partial charge on any atom is 0.631 e. The van der Waals surface area contributed by atoms with E-state index in [-0.39, 0.29) is 5.66 Å². The lowest BCUT2D eigenvalue weighted by molar-refractivity contribution is 0.120. The molecule has 1 heterocycles. The summed E-state index contributed by atoms with van der Waals surface area (Å²) in [7, 11) is -0.177. The SMILES string of the molecule is CC1=CN(C#N)C(C)(C)N1C.OB(O)O. The standard InChI is InChI=1S/C8H13N3.BH3O3/c1-7-5-11(6-9)8(2,3)10(7)4;2-1(3)4/h5H,1-4H3;2-4H. The van der Waals surface area contributed by atoms with Gasteiger partial charge in [-0.05, 0) is 20.8 Å². The fourth-order valence-corrected chi connectivity index (χ4v) is 1.18. The molecule has 0 saturated carbocycles. The molecule has 15 heavy (non-hydrogen) atoms. The molecule has 0 aromatic rings. The van der Waals surface area contributed by atoms with E-state index >= 15 is 0 Å². The van der Waals surface area contributed by atoms with Gasteiger partial charge in [0.1, 0.15) is 5.66 Å². The minimum atomic E-state index is -2.17. The van der Waals surface area contributed by atoms with Crippen LogP contribution in [-0.2, 0) is 0 Å². The summed E-state index contributed by atoms with van der Waals surface area (Å²) in [5, 5.41) is 30.2. The molecule has 84 valence electrons. The first-order valence-electron chi connectivity index (χ1n) is 4.39. The van der Waals surface area contributed by atoms with E-state index in [1.807, 2.05) is 34.0 Å². The number of hydrogen-bond donors (Lipinski definition) is 3. The predicted molar refractivity (Wildman–Crippen MR) is 55.5 cm³/mol. The van der Waals surface area contributed by atoms with Crippen LogP contribution in [0.25, 0.3) is 0 Å². The molecular weight excluding hydrogens is 197 g/mol. The quantitative estimate of drug-likeness (QED) is 0.362. The lowest BCUT2D eigenvalue weighted by Crippen LogP contribution is -2.44. The van der Waals surface area contributed by atoms with Gasteiger partial charge in [0.15, 0.2) is 6.19 Å². The van der Waals surface area contributed by atoms with Crippen LogP contribution in [0.5, 0.6) is 0 Å². The highest BCUT2D eigenvalue weighted by Gasteiger charge is 2.35. The Labute approximate surface area is 89.8 Å². The van der Waals surface area contributed by atoms with Gasteiger partial charge in [-0.3, -0.25) is 4.90 Å². The van der Waals surface area contributed by atoms with Crippen molar-refractivity contribution in [1.82, 2.24) is 9.80 Å². The fraction of sp³-hybridized carbons (Fsp3) is 0.625. The molecule has 0 bridgehead atoms. The molecule has 1 aliphatic heterocycles. The van der Waals surface area contributed by atoms with Gasteiger partial charge in [-0.15, -0.1) is 0 Å². The topological polar surface area (TPSA) is 91.0 Å². The van der Waals surface area contributed by atoms with Crippen LogP contribution in [-0.4, -0.2) is 44.9 Å². The van der Waals surface area contributed by atoms with Gasteiger partial charge >= 0.3 is 7.32 Å². The van der Waals surface area contributed by atoms with Crippen molar-refractivity contribution < 1.29 is 15.1 Å². The van der Waals surface area contributed by atoms with Gasteiger partial charge < -0.3 is 20.0 Å². The molecule has 0 aromatic heterocycles. The van der Waals surface area contributed by atoms with Gasteiger partial charge in [0.05, 0.1) is 0 Å². The van der Waals surface area contributed by atoms with Crippen LogP contribution in [0, 0.1) is 11.5 Å². The summed E-state index contributed by atoms with van der Waals surface area (Å²) in [6.07, 6.45) is 3.99. The minimum absolute atomic E-state index is 0.196. The Kier molecular flexibility index (Phi) is 4.61. The van der Waals surface area contributed by atoms with Gasteiger partial charge in [-0.1, -0.05) is 0 Å². The smallest absolute Gasteiger partial charge is 0.402 e. The molecule has 0 unspecified atom stereocenters. The summed E-state index contributed by atoms with van der Waals surface area (Å²) in [6.45, 7) is 6.03. The van der Waals surface area contributed by atoms with Crippen LogP contribution >= 0.6 is 0 Å². The van der Waals surface area contributed by atoms with Crippen LogP contribution in [0.4, 0.5) is 0 Å². The van der Waals surface area contributed by atoms with Crippen molar-refractivity contribution in [3.63, 3.8) is 0 Å². The average Bonchev–Trinajstić information content (AvgIpc) is 2.28. The van der Waals surface area contributed by atoms with E-state index in [0.717, 1.165) is 5.70 Å². The second-order valence-electron chi connectivity index (χ2n) is 3.64. The monoisotopic (exact) mass is 213 g/mol. The zero-order chi connectivity index (χ0) is 12.2. The normalized spacial score (nSPS) is 17.6. The number of nitriles is 1. The van der Waals surface area contributed by atoms with Crippen molar-refractivity contribution in [3.05, 3.63) is 11.9 Å². The molecule has 0 amide bonds. The number of hydrogen-bond acceptors (Lipinski definition) is 6. The number of allylic oxidation sites excluding steroid dienone is 1. The third-order valence-electron chi connectivity index (χ3n) is 2.36. The molecule has 7 heteroatoms. The fourth-order valence-electron chi connectivity index (χ4n) is 1.18. The van der Waals surface area contributed by atoms with Gasteiger partial charge in [-0.25, -0.2) is 0 Å². The van der Waals surface area contributed by atoms with Crippen molar-refractivity contribution in [2.45, 2.75) is 26.4 Å². The first kappa shape index (κ1) is 13.8. The number of rotatable bonds is 0. The van der Waals surface area contributed by atoms with Crippen LogP contribution in [0.3, 0.4) is 0 Å². The van der Waals surface area contributed by atoms with Gasteiger partial charge in [0.2, 0.25) is 0 Å². The zero-order valence-corrected chi connectivity index (χ0v) is 9.34.